The number of aryl methyl sites for hydroxylation is 2. The first-order chi connectivity index (χ1) is 24.4. The number of para-hydroxylation sites is 1. The minimum absolute atomic E-state index is 0.0349. The summed E-state index contributed by atoms with van der Waals surface area (Å²) < 4.78 is 102. The van der Waals surface area contributed by atoms with Crippen molar-refractivity contribution in [2.75, 3.05) is 5.75 Å². The first-order valence-corrected chi connectivity index (χ1v) is 17.5. The van der Waals surface area contributed by atoms with E-state index in [1.54, 1.807) is 23.2 Å². The van der Waals surface area contributed by atoms with Crippen molar-refractivity contribution in [2.24, 2.45) is 5.73 Å². The van der Waals surface area contributed by atoms with E-state index in [9.17, 15) is 36.2 Å². The molecule has 0 amide bonds. The monoisotopic (exact) mass is 747 g/mol. The predicted octanol–water partition coefficient (Wildman–Crippen LogP) is 8.95. The Morgan fingerprint density at radius 3 is 2.25 bits per heavy atom. The first kappa shape index (κ1) is 37.4. The molecule has 1 aliphatic rings. The molecule has 3 aromatic carbocycles. The summed E-state index contributed by atoms with van der Waals surface area (Å²) in [4.78, 5) is 13.1. The van der Waals surface area contributed by atoms with Gasteiger partial charge in [0.05, 0.1) is 39.3 Å². The Balaban J connectivity index is 1.54. The van der Waals surface area contributed by atoms with Crippen LogP contribution in [0.5, 0.6) is 0 Å². The maximum Gasteiger partial charge on any atom is 0.416 e. The molecule has 1 aliphatic heterocycles. The number of nitrogens with two attached hydrogens (primary N) is 1. The smallest absolute Gasteiger partial charge is 0.416 e. The van der Waals surface area contributed by atoms with Gasteiger partial charge in [0.2, 0.25) is 0 Å². The van der Waals surface area contributed by atoms with Gasteiger partial charge >= 0.3 is 18.3 Å². The number of hydrogen-bond donors (Lipinski definition) is 2. The highest BCUT2D eigenvalue weighted by atomic mass is 32.2. The lowest BCUT2D eigenvalue weighted by molar-refractivity contribution is -0.144. The lowest BCUT2D eigenvalue weighted by Gasteiger charge is -2.33. The Bertz CT molecular complexity index is 2150. The standard InChI is InChI=1S/C37H36F7N5O2S/c1-5-20-8-7-9-21(6-2)30(20)49-31(24-12-13-28(38)32-25(24)14-15-48(32)52-19-29(45)34(50)51)26-18-47(35(3,4)33(26)46-49)17-22-10-11-23(36(39,40)41)16-27(22)37(42,43)44/h7-16,29H,5-6,17-19,45H2,1-4H3,(H,50,51)/t29-/m1/s1. The van der Waals surface area contributed by atoms with Crippen molar-refractivity contribution in [2.45, 2.75) is 77.6 Å². The van der Waals surface area contributed by atoms with E-state index in [1.165, 1.54) is 10.0 Å². The minimum Gasteiger partial charge on any atom is -0.480 e. The number of hydrogen-bond acceptors (Lipinski definition) is 5. The second-order valence-electron chi connectivity index (χ2n) is 13.2. The van der Waals surface area contributed by atoms with E-state index in [4.69, 9.17) is 10.8 Å². The number of rotatable bonds is 10. The number of alkyl halides is 6. The van der Waals surface area contributed by atoms with Crippen LogP contribution in [-0.4, -0.2) is 41.5 Å². The van der Waals surface area contributed by atoms with Gasteiger partial charge in [-0.25, -0.2) is 9.07 Å². The van der Waals surface area contributed by atoms with Crippen LogP contribution in [0.1, 0.15) is 66.8 Å². The average Bonchev–Trinajstić information content (AvgIpc) is 3.74. The molecule has 0 fully saturated rings. The molecule has 15 heteroatoms. The summed E-state index contributed by atoms with van der Waals surface area (Å²) in [6.45, 7) is 7.41. The second kappa shape index (κ2) is 13.6. The third-order valence-corrected chi connectivity index (χ3v) is 10.8. The fourth-order valence-corrected chi connectivity index (χ4v) is 7.83. The zero-order chi connectivity index (χ0) is 37.9. The third kappa shape index (κ3) is 6.58. The first-order valence-electron chi connectivity index (χ1n) is 16.6. The predicted molar refractivity (Wildman–Crippen MR) is 185 cm³/mol. The number of carboxylic acids is 1. The summed E-state index contributed by atoms with van der Waals surface area (Å²) in [6, 6.07) is 11.1. The van der Waals surface area contributed by atoms with Gasteiger partial charge < -0.3 is 10.8 Å². The van der Waals surface area contributed by atoms with Gasteiger partial charge in [0.1, 0.15) is 11.9 Å². The number of aromatic nitrogens is 3. The van der Waals surface area contributed by atoms with Gasteiger partial charge in [-0.1, -0.05) is 38.1 Å². The molecule has 0 bridgehead atoms. The van der Waals surface area contributed by atoms with Crippen molar-refractivity contribution in [3.05, 3.63) is 106 Å². The van der Waals surface area contributed by atoms with Gasteiger partial charge in [0.25, 0.3) is 0 Å². The molecule has 0 saturated heterocycles. The van der Waals surface area contributed by atoms with Gasteiger partial charge in [0, 0.05) is 41.6 Å². The number of carbonyl (C=O) groups is 1. The largest absolute Gasteiger partial charge is 0.480 e. The number of benzene rings is 3. The summed E-state index contributed by atoms with van der Waals surface area (Å²) in [6.07, 6.45) is -7.05. The molecule has 0 unspecified atom stereocenters. The number of carboxylic acid groups (broad SMARTS) is 1. The van der Waals surface area contributed by atoms with Crippen molar-refractivity contribution >= 4 is 28.8 Å². The molecular formula is C37H36F7N5O2S. The van der Waals surface area contributed by atoms with Gasteiger partial charge in [-0.05, 0) is 85.7 Å². The molecule has 1 atom stereocenters. The van der Waals surface area contributed by atoms with Gasteiger partial charge in [-0.15, -0.1) is 0 Å². The van der Waals surface area contributed by atoms with Crippen molar-refractivity contribution in [3.63, 3.8) is 0 Å². The molecule has 3 heterocycles. The molecule has 3 N–H and O–H groups in total. The summed E-state index contributed by atoms with van der Waals surface area (Å²) in [7, 11) is 0. The van der Waals surface area contributed by atoms with Crippen molar-refractivity contribution in [3.8, 4) is 16.9 Å². The van der Waals surface area contributed by atoms with Crippen LogP contribution in [0.15, 0.2) is 60.8 Å². The molecule has 0 aliphatic carbocycles. The van der Waals surface area contributed by atoms with Crippen LogP contribution in [-0.2, 0) is 48.6 Å². The van der Waals surface area contributed by atoms with Crippen LogP contribution < -0.4 is 5.73 Å². The van der Waals surface area contributed by atoms with Crippen molar-refractivity contribution in [1.29, 1.82) is 0 Å². The molecule has 0 spiro atoms. The molecule has 7 nitrogen and oxygen atoms in total. The molecule has 6 rings (SSSR count). The fourth-order valence-electron chi connectivity index (χ4n) is 6.91. The van der Waals surface area contributed by atoms with Crippen LogP contribution in [0.2, 0.25) is 0 Å². The summed E-state index contributed by atoms with van der Waals surface area (Å²) in [5.74, 6) is -1.79. The van der Waals surface area contributed by atoms with E-state index >= 15 is 4.39 Å². The molecule has 5 aromatic rings. The van der Waals surface area contributed by atoms with E-state index in [2.05, 4.69) is 0 Å². The SMILES string of the molecule is CCc1cccc(CC)c1-n1nc2c(c1-c1ccc(F)c3c1ccn3SC[C@@H](N)C(=O)O)CN(Cc1ccc(C(F)(F)F)cc1C(F)(F)F)C2(C)C. The van der Waals surface area contributed by atoms with E-state index in [0.717, 1.165) is 34.8 Å². The lowest BCUT2D eigenvalue weighted by Crippen LogP contribution is -2.36. The molecule has 276 valence electrons. The Labute approximate surface area is 299 Å². The lowest BCUT2D eigenvalue weighted by atomic mass is 9.96. The molecule has 0 radical (unpaired) electrons. The highest BCUT2D eigenvalue weighted by molar-refractivity contribution is 7.98. The number of fused-ring (bicyclic) bond motifs is 2. The third-order valence-electron chi connectivity index (χ3n) is 9.71. The topological polar surface area (TPSA) is 89.3 Å². The van der Waals surface area contributed by atoms with Gasteiger partial charge in [0.15, 0.2) is 0 Å². The van der Waals surface area contributed by atoms with E-state index in [0.29, 0.717) is 46.8 Å². The van der Waals surface area contributed by atoms with Gasteiger partial charge in [-0.2, -0.15) is 31.4 Å². The average molecular weight is 748 g/mol. The van der Waals surface area contributed by atoms with Crippen LogP contribution in [0.4, 0.5) is 30.7 Å². The Morgan fingerprint density at radius 1 is 0.981 bits per heavy atom. The van der Waals surface area contributed by atoms with Crippen LogP contribution in [0.3, 0.4) is 0 Å². The summed E-state index contributed by atoms with van der Waals surface area (Å²) in [5, 5.41) is 14.9. The maximum absolute atomic E-state index is 15.6. The van der Waals surface area contributed by atoms with Crippen molar-refractivity contribution in [1.82, 2.24) is 18.7 Å². The number of nitrogens with zero attached hydrogens (tertiary/aromatic N) is 4. The zero-order valence-corrected chi connectivity index (χ0v) is 29.5. The van der Waals surface area contributed by atoms with E-state index < -0.39 is 46.8 Å². The molecule has 0 saturated carbocycles. The Hall–Kier alpha value is -4.34. The quantitative estimate of drug-likeness (QED) is 0.139. The van der Waals surface area contributed by atoms with Gasteiger partial charge in [-0.3, -0.25) is 13.7 Å². The molecule has 2 aromatic heterocycles. The molecule has 52 heavy (non-hydrogen) atoms. The van der Waals surface area contributed by atoms with E-state index in [-0.39, 0.29) is 36.0 Å². The number of aliphatic carboxylic acids is 1. The minimum atomic E-state index is -5.03. The van der Waals surface area contributed by atoms with E-state index in [1.807, 2.05) is 50.6 Å². The highest BCUT2D eigenvalue weighted by Gasteiger charge is 2.45. The highest BCUT2D eigenvalue weighted by Crippen LogP contribution is 2.48. The fraction of sp³-hybridized carbons (Fsp3) is 0.351. The molecular weight excluding hydrogens is 711 g/mol. The summed E-state index contributed by atoms with van der Waals surface area (Å²) >= 11 is 1.04. The van der Waals surface area contributed by atoms with Crippen LogP contribution in [0.25, 0.3) is 27.8 Å². The van der Waals surface area contributed by atoms with Crippen molar-refractivity contribution < 1.29 is 40.6 Å². The van der Waals surface area contributed by atoms with Crippen LogP contribution in [0, 0.1) is 5.82 Å². The normalized spacial score (nSPS) is 15.4. The summed E-state index contributed by atoms with van der Waals surface area (Å²) in [5.41, 5.74) is 7.11. The zero-order valence-electron chi connectivity index (χ0n) is 28.7. The van der Waals surface area contributed by atoms with Crippen LogP contribution >= 0.6 is 11.9 Å². The maximum atomic E-state index is 15.6. The number of halogens is 7. The second-order valence-corrected chi connectivity index (χ2v) is 14.2. The Kier molecular flexibility index (Phi) is 9.77. The Morgan fingerprint density at radius 2 is 1.65 bits per heavy atom.